The number of methoxy groups -OCH3 is 1. The van der Waals surface area contributed by atoms with Gasteiger partial charge in [-0.15, -0.1) is 0 Å². The van der Waals surface area contributed by atoms with E-state index in [-0.39, 0.29) is 5.78 Å². The SMILES string of the molecule is COc1ccc(S(=O)CCCC(C)=O)cc1. The number of carbonyl (C=O) groups is 1. The third-order valence-electron chi connectivity index (χ3n) is 2.18. The predicted octanol–water partition coefficient (Wildman–Crippen LogP) is 2.17. The molecule has 4 heteroatoms. The third kappa shape index (κ3) is 4.14. The molecule has 1 rings (SSSR count). The summed E-state index contributed by atoms with van der Waals surface area (Å²) in [7, 11) is 0.578. The van der Waals surface area contributed by atoms with Crippen LogP contribution in [0.4, 0.5) is 0 Å². The van der Waals surface area contributed by atoms with Crippen LogP contribution in [0.15, 0.2) is 29.2 Å². The van der Waals surface area contributed by atoms with Crippen LogP contribution in [0.2, 0.25) is 0 Å². The molecule has 0 bridgehead atoms. The summed E-state index contributed by atoms with van der Waals surface area (Å²) >= 11 is 0. The predicted molar refractivity (Wildman–Crippen MR) is 64.2 cm³/mol. The van der Waals surface area contributed by atoms with Gasteiger partial charge in [0.05, 0.1) is 17.9 Å². The molecule has 0 aliphatic heterocycles. The van der Waals surface area contributed by atoms with Crippen molar-refractivity contribution in [3.8, 4) is 5.75 Å². The summed E-state index contributed by atoms with van der Waals surface area (Å²) < 4.78 is 16.8. The molecule has 0 amide bonds. The van der Waals surface area contributed by atoms with Crippen molar-refractivity contribution in [2.24, 2.45) is 0 Å². The second-order valence-electron chi connectivity index (χ2n) is 3.53. The van der Waals surface area contributed by atoms with Gasteiger partial charge in [-0.05, 0) is 37.6 Å². The molecule has 0 aliphatic rings. The number of Topliss-reactive ketones (excluding diaryl/α,β-unsaturated/α-hetero) is 1. The Bertz CT molecular complexity index is 370. The van der Waals surface area contributed by atoms with E-state index < -0.39 is 10.8 Å². The lowest BCUT2D eigenvalue weighted by Gasteiger charge is -2.03. The first-order valence-corrected chi connectivity index (χ1v) is 6.47. The van der Waals surface area contributed by atoms with Crippen molar-refractivity contribution in [1.29, 1.82) is 0 Å². The highest BCUT2D eigenvalue weighted by atomic mass is 32.2. The van der Waals surface area contributed by atoms with Gasteiger partial charge in [0.25, 0.3) is 0 Å². The van der Waals surface area contributed by atoms with E-state index in [1.54, 1.807) is 38.3 Å². The molecule has 0 fully saturated rings. The minimum atomic E-state index is -1.02. The monoisotopic (exact) mass is 240 g/mol. The summed E-state index contributed by atoms with van der Waals surface area (Å²) in [5, 5.41) is 0. The second kappa shape index (κ2) is 6.43. The molecule has 0 N–H and O–H groups in total. The molecule has 0 aliphatic carbocycles. The molecule has 16 heavy (non-hydrogen) atoms. The van der Waals surface area contributed by atoms with Crippen molar-refractivity contribution in [2.75, 3.05) is 12.9 Å². The quantitative estimate of drug-likeness (QED) is 0.765. The van der Waals surface area contributed by atoms with Gasteiger partial charge in [-0.3, -0.25) is 4.21 Å². The fourth-order valence-electron chi connectivity index (χ4n) is 1.30. The van der Waals surface area contributed by atoms with E-state index in [9.17, 15) is 9.00 Å². The van der Waals surface area contributed by atoms with Crippen LogP contribution in [0.1, 0.15) is 19.8 Å². The Hall–Kier alpha value is -1.16. The molecule has 0 heterocycles. The number of rotatable bonds is 6. The first-order chi connectivity index (χ1) is 7.63. The Labute approximate surface area is 98.3 Å². The van der Waals surface area contributed by atoms with Gasteiger partial charge in [0.2, 0.25) is 0 Å². The van der Waals surface area contributed by atoms with Crippen molar-refractivity contribution in [3.63, 3.8) is 0 Å². The fourth-order valence-corrected chi connectivity index (χ4v) is 2.38. The lowest BCUT2D eigenvalue weighted by atomic mass is 10.3. The molecular weight excluding hydrogens is 224 g/mol. The van der Waals surface area contributed by atoms with Gasteiger partial charge in [-0.1, -0.05) is 0 Å². The maximum absolute atomic E-state index is 11.8. The Balaban J connectivity index is 2.49. The topological polar surface area (TPSA) is 43.4 Å². The highest BCUT2D eigenvalue weighted by Gasteiger charge is 2.04. The van der Waals surface area contributed by atoms with Gasteiger partial charge in [-0.2, -0.15) is 0 Å². The molecule has 1 aromatic rings. The molecule has 3 nitrogen and oxygen atoms in total. The molecule has 0 radical (unpaired) electrons. The summed E-state index contributed by atoms with van der Waals surface area (Å²) in [6.45, 7) is 1.55. The van der Waals surface area contributed by atoms with Crippen molar-refractivity contribution in [2.45, 2.75) is 24.7 Å². The minimum Gasteiger partial charge on any atom is -0.497 e. The van der Waals surface area contributed by atoms with E-state index in [0.717, 1.165) is 10.6 Å². The van der Waals surface area contributed by atoms with Gasteiger partial charge >= 0.3 is 0 Å². The Morgan fingerprint density at radius 2 is 1.94 bits per heavy atom. The zero-order valence-electron chi connectivity index (χ0n) is 9.56. The first kappa shape index (κ1) is 12.9. The Kier molecular flexibility index (Phi) is 5.19. The van der Waals surface area contributed by atoms with Crippen LogP contribution in [-0.2, 0) is 15.6 Å². The molecular formula is C12H16O3S. The van der Waals surface area contributed by atoms with E-state index in [1.807, 2.05) is 0 Å². The smallest absolute Gasteiger partial charge is 0.129 e. The number of hydrogen-bond acceptors (Lipinski definition) is 3. The molecule has 0 spiro atoms. The van der Waals surface area contributed by atoms with E-state index in [2.05, 4.69) is 0 Å². The van der Waals surface area contributed by atoms with E-state index in [0.29, 0.717) is 18.6 Å². The summed E-state index contributed by atoms with van der Waals surface area (Å²) in [6.07, 6.45) is 1.18. The minimum absolute atomic E-state index is 0.145. The van der Waals surface area contributed by atoms with Gasteiger partial charge < -0.3 is 9.53 Å². The number of benzene rings is 1. The number of ether oxygens (including phenoxy) is 1. The van der Waals surface area contributed by atoms with Gasteiger partial charge in [0.15, 0.2) is 0 Å². The van der Waals surface area contributed by atoms with Gasteiger partial charge in [0.1, 0.15) is 11.5 Å². The van der Waals surface area contributed by atoms with E-state index >= 15 is 0 Å². The maximum Gasteiger partial charge on any atom is 0.129 e. The molecule has 0 aromatic heterocycles. The van der Waals surface area contributed by atoms with Crippen molar-refractivity contribution in [3.05, 3.63) is 24.3 Å². The van der Waals surface area contributed by atoms with Crippen LogP contribution < -0.4 is 4.74 Å². The van der Waals surface area contributed by atoms with Crippen LogP contribution >= 0.6 is 0 Å². The van der Waals surface area contributed by atoms with Crippen molar-refractivity contribution >= 4 is 16.6 Å². The van der Waals surface area contributed by atoms with Gasteiger partial charge in [0, 0.05) is 17.1 Å². The number of carbonyl (C=O) groups excluding carboxylic acids is 1. The Morgan fingerprint density at radius 1 is 1.31 bits per heavy atom. The van der Waals surface area contributed by atoms with Crippen molar-refractivity contribution in [1.82, 2.24) is 0 Å². The van der Waals surface area contributed by atoms with Crippen LogP contribution in [-0.4, -0.2) is 22.9 Å². The zero-order chi connectivity index (χ0) is 12.0. The summed E-state index contributed by atoms with van der Waals surface area (Å²) in [5.74, 6) is 1.43. The van der Waals surface area contributed by atoms with E-state index in [4.69, 9.17) is 4.74 Å². The average molecular weight is 240 g/mol. The highest BCUT2D eigenvalue weighted by molar-refractivity contribution is 7.85. The van der Waals surface area contributed by atoms with Crippen molar-refractivity contribution < 1.29 is 13.7 Å². The number of hydrogen-bond donors (Lipinski definition) is 0. The molecule has 1 atom stereocenters. The standard InChI is InChI=1S/C12H16O3S/c1-10(13)4-3-9-16(14)12-7-5-11(15-2)6-8-12/h5-8H,3-4,9H2,1-2H3. The summed E-state index contributed by atoms with van der Waals surface area (Å²) in [5.41, 5.74) is 0. The second-order valence-corrected chi connectivity index (χ2v) is 5.10. The summed E-state index contributed by atoms with van der Waals surface area (Å²) in [4.78, 5) is 11.5. The van der Waals surface area contributed by atoms with E-state index in [1.165, 1.54) is 0 Å². The fraction of sp³-hybridized carbons (Fsp3) is 0.417. The van der Waals surface area contributed by atoms with Crippen LogP contribution in [0.5, 0.6) is 5.75 Å². The summed E-state index contributed by atoms with van der Waals surface area (Å²) in [6, 6.07) is 7.17. The number of ketones is 1. The molecule has 0 saturated carbocycles. The molecule has 1 unspecified atom stereocenters. The van der Waals surface area contributed by atoms with Crippen LogP contribution in [0.3, 0.4) is 0 Å². The van der Waals surface area contributed by atoms with Crippen LogP contribution in [0.25, 0.3) is 0 Å². The molecule has 0 saturated heterocycles. The molecule has 1 aromatic carbocycles. The normalized spacial score (nSPS) is 12.1. The average Bonchev–Trinajstić information content (AvgIpc) is 2.28. The Morgan fingerprint density at radius 3 is 2.44 bits per heavy atom. The first-order valence-electron chi connectivity index (χ1n) is 5.15. The third-order valence-corrected chi connectivity index (χ3v) is 3.64. The largest absolute Gasteiger partial charge is 0.497 e. The molecule has 88 valence electrons. The lowest BCUT2D eigenvalue weighted by Crippen LogP contribution is -2.00. The lowest BCUT2D eigenvalue weighted by molar-refractivity contribution is -0.117. The van der Waals surface area contributed by atoms with Crippen LogP contribution in [0, 0.1) is 0 Å². The zero-order valence-corrected chi connectivity index (χ0v) is 10.4. The maximum atomic E-state index is 11.8. The van der Waals surface area contributed by atoms with Gasteiger partial charge in [-0.25, -0.2) is 0 Å². The highest BCUT2D eigenvalue weighted by Crippen LogP contribution is 2.14.